The van der Waals surface area contributed by atoms with Crippen LogP contribution in [0.5, 0.6) is 0 Å². The summed E-state index contributed by atoms with van der Waals surface area (Å²) in [5, 5.41) is 14.8. The molecule has 0 unspecified atom stereocenters. The number of thioether (sulfide) groups is 1. The number of allylic oxidation sites excluding steroid dienone is 1. The molecular weight excluding hydrogens is 405 g/mol. The third-order valence-electron chi connectivity index (χ3n) is 4.92. The van der Waals surface area contributed by atoms with E-state index in [1.54, 1.807) is 6.08 Å². The smallest absolute Gasteiger partial charge is 0.251 e. The fraction of sp³-hybridized carbons (Fsp3) is 0.429. The summed E-state index contributed by atoms with van der Waals surface area (Å²) in [5.41, 5.74) is 0.361. The van der Waals surface area contributed by atoms with Gasteiger partial charge in [-0.1, -0.05) is 37.1 Å². The molecule has 0 aliphatic heterocycles. The molecule has 0 atom stereocenters. The van der Waals surface area contributed by atoms with Crippen molar-refractivity contribution in [1.82, 2.24) is 25.4 Å². The zero-order chi connectivity index (χ0) is 21.3. The number of benzene rings is 1. The summed E-state index contributed by atoms with van der Waals surface area (Å²) < 4.78 is 14.8. The lowest BCUT2D eigenvalue weighted by Gasteiger charge is -2.22. The van der Waals surface area contributed by atoms with Gasteiger partial charge in [0.15, 0.2) is 11.0 Å². The maximum atomic E-state index is 13.0. The van der Waals surface area contributed by atoms with Crippen LogP contribution in [0.15, 0.2) is 42.1 Å². The van der Waals surface area contributed by atoms with Crippen LogP contribution in [-0.4, -0.2) is 38.4 Å². The molecule has 1 heterocycles. The Morgan fingerprint density at radius 3 is 2.63 bits per heavy atom. The molecule has 160 valence electrons. The molecular formula is C21H26FN5O2S. The maximum absolute atomic E-state index is 13.0. The molecule has 1 aromatic heterocycles. The molecule has 1 saturated carbocycles. The van der Waals surface area contributed by atoms with Gasteiger partial charge in [0, 0.05) is 18.2 Å². The fourth-order valence-electron chi connectivity index (χ4n) is 3.38. The van der Waals surface area contributed by atoms with Crippen molar-refractivity contribution < 1.29 is 14.0 Å². The van der Waals surface area contributed by atoms with E-state index in [0.717, 1.165) is 12.8 Å². The first-order valence-corrected chi connectivity index (χ1v) is 11.0. The number of nitrogens with zero attached hydrogens (tertiary/aromatic N) is 3. The summed E-state index contributed by atoms with van der Waals surface area (Å²) in [5.74, 6) is 0.0794. The summed E-state index contributed by atoms with van der Waals surface area (Å²) in [6, 6.07) is 5.59. The van der Waals surface area contributed by atoms with Crippen LogP contribution >= 0.6 is 11.8 Å². The van der Waals surface area contributed by atoms with Crippen molar-refractivity contribution in [3.63, 3.8) is 0 Å². The van der Waals surface area contributed by atoms with Crippen molar-refractivity contribution in [2.45, 2.75) is 56.4 Å². The highest BCUT2D eigenvalue weighted by Gasteiger charge is 2.18. The predicted octanol–water partition coefficient (Wildman–Crippen LogP) is 3.07. The van der Waals surface area contributed by atoms with E-state index in [1.165, 1.54) is 55.3 Å². The van der Waals surface area contributed by atoms with E-state index >= 15 is 0 Å². The summed E-state index contributed by atoms with van der Waals surface area (Å²) in [7, 11) is 0. The van der Waals surface area contributed by atoms with E-state index in [4.69, 9.17) is 0 Å². The van der Waals surface area contributed by atoms with Gasteiger partial charge in [-0.15, -0.1) is 16.8 Å². The molecule has 1 aliphatic rings. The van der Waals surface area contributed by atoms with Crippen molar-refractivity contribution in [3.8, 4) is 0 Å². The lowest BCUT2D eigenvalue weighted by molar-refractivity contribution is -0.119. The van der Waals surface area contributed by atoms with Gasteiger partial charge >= 0.3 is 0 Å². The molecule has 0 bridgehead atoms. The van der Waals surface area contributed by atoms with Gasteiger partial charge in [0.1, 0.15) is 5.82 Å². The average molecular weight is 432 g/mol. The van der Waals surface area contributed by atoms with Crippen molar-refractivity contribution >= 4 is 23.6 Å². The molecule has 3 rings (SSSR count). The molecule has 0 radical (unpaired) electrons. The van der Waals surface area contributed by atoms with Gasteiger partial charge in [0.2, 0.25) is 5.91 Å². The molecule has 1 fully saturated rings. The molecule has 0 spiro atoms. The van der Waals surface area contributed by atoms with E-state index in [2.05, 4.69) is 27.4 Å². The minimum atomic E-state index is -0.397. The molecule has 2 amide bonds. The van der Waals surface area contributed by atoms with Crippen molar-refractivity contribution in [1.29, 1.82) is 0 Å². The highest BCUT2D eigenvalue weighted by Crippen LogP contribution is 2.20. The van der Waals surface area contributed by atoms with Crippen molar-refractivity contribution in [2.75, 3.05) is 5.75 Å². The Morgan fingerprint density at radius 2 is 1.93 bits per heavy atom. The van der Waals surface area contributed by atoms with Crippen LogP contribution in [0.25, 0.3) is 0 Å². The number of rotatable bonds is 9. The first kappa shape index (κ1) is 22.0. The SMILES string of the molecule is C=CCn1c(CNC(=O)c2ccc(F)cc2)nnc1SCC(=O)NC1CCCCC1. The number of hydrogen-bond acceptors (Lipinski definition) is 5. The van der Waals surface area contributed by atoms with Gasteiger partial charge in [-0.3, -0.25) is 9.59 Å². The number of nitrogens with one attached hydrogen (secondary N) is 2. The van der Waals surface area contributed by atoms with Crippen LogP contribution in [0.4, 0.5) is 4.39 Å². The molecule has 7 nitrogen and oxygen atoms in total. The zero-order valence-electron chi connectivity index (χ0n) is 16.8. The number of aromatic nitrogens is 3. The van der Waals surface area contributed by atoms with Gasteiger partial charge in [0.05, 0.1) is 12.3 Å². The molecule has 9 heteroatoms. The maximum Gasteiger partial charge on any atom is 0.251 e. The number of carbonyl (C=O) groups excluding carboxylic acids is 2. The summed E-state index contributed by atoms with van der Waals surface area (Å²) in [6.07, 6.45) is 7.37. The van der Waals surface area contributed by atoms with E-state index in [0.29, 0.717) is 23.1 Å². The van der Waals surface area contributed by atoms with Crippen LogP contribution in [-0.2, 0) is 17.9 Å². The number of hydrogen-bond donors (Lipinski definition) is 2. The molecule has 2 N–H and O–H groups in total. The van der Waals surface area contributed by atoms with Crippen LogP contribution in [0.3, 0.4) is 0 Å². The Hall–Kier alpha value is -2.68. The van der Waals surface area contributed by atoms with Crippen LogP contribution in [0.2, 0.25) is 0 Å². The van der Waals surface area contributed by atoms with E-state index in [9.17, 15) is 14.0 Å². The Labute approximate surface area is 179 Å². The van der Waals surface area contributed by atoms with Crippen LogP contribution in [0.1, 0.15) is 48.3 Å². The number of amides is 2. The molecule has 1 aliphatic carbocycles. The van der Waals surface area contributed by atoms with Gasteiger partial charge < -0.3 is 15.2 Å². The highest BCUT2D eigenvalue weighted by molar-refractivity contribution is 7.99. The van der Waals surface area contributed by atoms with Crippen molar-refractivity contribution in [3.05, 3.63) is 54.1 Å². The summed E-state index contributed by atoms with van der Waals surface area (Å²) in [4.78, 5) is 24.5. The number of halogens is 1. The molecule has 0 saturated heterocycles. The van der Waals surface area contributed by atoms with E-state index in [1.807, 2.05) is 4.57 Å². The third-order valence-corrected chi connectivity index (χ3v) is 5.89. The second-order valence-corrected chi connectivity index (χ2v) is 8.12. The quantitative estimate of drug-likeness (QED) is 0.471. The first-order chi connectivity index (χ1) is 14.6. The Morgan fingerprint density at radius 1 is 1.20 bits per heavy atom. The first-order valence-electron chi connectivity index (χ1n) is 10.1. The number of carbonyl (C=O) groups is 2. The van der Waals surface area contributed by atoms with Gasteiger partial charge in [-0.05, 0) is 37.1 Å². The van der Waals surface area contributed by atoms with Gasteiger partial charge in [-0.2, -0.15) is 0 Å². The molecule has 1 aromatic carbocycles. The molecule has 2 aromatic rings. The third kappa shape index (κ3) is 6.16. The second-order valence-electron chi connectivity index (χ2n) is 7.18. The lowest BCUT2D eigenvalue weighted by Crippen LogP contribution is -2.37. The average Bonchev–Trinajstić information content (AvgIpc) is 3.13. The van der Waals surface area contributed by atoms with E-state index < -0.39 is 5.82 Å². The standard InChI is InChI=1S/C21H26FN5O2S/c1-2-12-27-18(13-23-20(29)15-8-10-16(22)11-9-15)25-26-21(27)30-14-19(28)24-17-6-4-3-5-7-17/h2,8-11,17H,1,3-7,12-14H2,(H,23,29)(H,24,28). The van der Waals surface area contributed by atoms with Crippen LogP contribution < -0.4 is 10.6 Å². The Bertz CT molecular complexity index is 878. The fourth-order valence-corrected chi connectivity index (χ4v) is 4.16. The summed E-state index contributed by atoms with van der Waals surface area (Å²) in [6.45, 7) is 4.37. The minimum absolute atomic E-state index is 0.00813. The Kier molecular flexibility index (Phi) is 8.01. The largest absolute Gasteiger partial charge is 0.353 e. The predicted molar refractivity (Wildman–Crippen MR) is 114 cm³/mol. The van der Waals surface area contributed by atoms with Gasteiger partial charge in [0.25, 0.3) is 5.91 Å². The Balaban J connectivity index is 1.55. The highest BCUT2D eigenvalue weighted by atomic mass is 32.2. The monoisotopic (exact) mass is 431 g/mol. The lowest BCUT2D eigenvalue weighted by atomic mass is 9.95. The zero-order valence-corrected chi connectivity index (χ0v) is 17.6. The van der Waals surface area contributed by atoms with Crippen molar-refractivity contribution in [2.24, 2.45) is 0 Å². The van der Waals surface area contributed by atoms with Gasteiger partial charge in [-0.25, -0.2) is 4.39 Å². The second kappa shape index (κ2) is 10.9. The van der Waals surface area contributed by atoms with Crippen LogP contribution in [0, 0.1) is 5.82 Å². The normalized spacial score (nSPS) is 14.3. The molecule has 30 heavy (non-hydrogen) atoms. The minimum Gasteiger partial charge on any atom is -0.353 e. The summed E-state index contributed by atoms with van der Waals surface area (Å²) >= 11 is 1.31. The topological polar surface area (TPSA) is 88.9 Å². The van der Waals surface area contributed by atoms with E-state index in [-0.39, 0.29) is 30.2 Å².